The molecule has 0 heterocycles. The van der Waals surface area contributed by atoms with Crippen molar-refractivity contribution in [2.24, 2.45) is 0 Å². The van der Waals surface area contributed by atoms with Gasteiger partial charge in [0.2, 0.25) is 0 Å². The zero-order chi connectivity index (χ0) is 17.1. The Morgan fingerprint density at radius 2 is 1.50 bits per heavy atom. The van der Waals surface area contributed by atoms with Crippen LogP contribution in [0.2, 0.25) is 0 Å². The van der Waals surface area contributed by atoms with Crippen molar-refractivity contribution in [3.63, 3.8) is 0 Å². The molecule has 0 radical (unpaired) electrons. The van der Waals surface area contributed by atoms with Crippen molar-refractivity contribution in [2.45, 2.75) is 64.8 Å². The Morgan fingerprint density at radius 1 is 1.05 bits per heavy atom. The zero-order valence-electron chi connectivity index (χ0n) is 15.5. The van der Waals surface area contributed by atoms with Gasteiger partial charge in [0.25, 0.3) is 0 Å². The summed E-state index contributed by atoms with van der Waals surface area (Å²) in [5.74, 6) is 0.989. The molecular weight excluding hydrogens is 274 g/mol. The summed E-state index contributed by atoms with van der Waals surface area (Å²) >= 11 is 0. The molecule has 3 nitrogen and oxygen atoms in total. The molecule has 0 saturated carbocycles. The van der Waals surface area contributed by atoms with Gasteiger partial charge in [-0.25, -0.2) is 0 Å². The number of hydrogen-bond acceptors (Lipinski definition) is 3. The lowest BCUT2D eigenvalue weighted by atomic mass is 9.77. The molecule has 22 heavy (non-hydrogen) atoms. The lowest BCUT2D eigenvalue weighted by Gasteiger charge is -2.31. The van der Waals surface area contributed by atoms with E-state index in [1.165, 1.54) is 16.7 Å². The molecule has 0 fully saturated rings. The molecule has 2 N–H and O–H groups in total. The Labute approximate surface area is 136 Å². The molecule has 0 spiro atoms. The molecule has 0 bridgehead atoms. The monoisotopic (exact) mass is 307 g/mol. The van der Waals surface area contributed by atoms with Crippen LogP contribution in [0.4, 0.5) is 0 Å². The van der Waals surface area contributed by atoms with E-state index >= 15 is 0 Å². The van der Waals surface area contributed by atoms with Gasteiger partial charge in [-0.2, -0.15) is 0 Å². The van der Waals surface area contributed by atoms with Gasteiger partial charge in [-0.1, -0.05) is 41.5 Å². The highest BCUT2D eigenvalue weighted by atomic mass is 16.5. The minimum atomic E-state index is -0.00113. The minimum Gasteiger partial charge on any atom is -0.496 e. The van der Waals surface area contributed by atoms with Crippen molar-refractivity contribution < 1.29 is 9.84 Å². The average Bonchev–Trinajstić information content (AvgIpc) is 2.41. The number of methoxy groups -OCH3 is 1. The van der Waals surface area contributed by atoms with Gasteiger partial charge in [0.15, 0.2) is 0 Å². The van der Waals surface area contributed by atoms with Gasteiger partial charge in [0, 0.05) is 23.8 Å². The Morgan fingerprint density at radius 3 is 1.77 bits per heavy atom. The lowest BCUT2D eigenvalue weighted by molar-refractivity contribution is 0.268. The fourth-order valence-corrected chi connectivity index (χ4v) is 2.79. The summed E-state index contributed by atoms with van der Waals surface area (Å²) in [4.78, 5) is 0. The molecular formula is C19H33NO2. The Balaban J connectivity index is 3.62. The predicted molar refractivity (Wildman–Crippen MR) is 93.9 cm³/mol. The SMILES string of the molecule is CNC(CCO)c1cc(C(C)(C)C)c(OC)c(C(C)(C)C)c1. The van der Waals surface area contributed by atoms with Crippen LogP contribution in [0.3, 0.4) is 0 Å². The quantitative estimate of drug-likeness (QED) is 0.866. The first kappa shape index (κ1) is 19.0. The molecule has 1 aromatic rings. The molecule has 1 unspecified atom stereocenters. The first-order valence-corrected chi connectivity index (χ1v) is 8.07. The summed E-state index contributed by atoms with van der Waals surface area (Å²) in [7, 11) is 3.70. The number of rotatable bonds is 5. The van der Waals surface area contributed by atoms with Gasteiger partial charge in [-0.05, 0) is 42.0 Å². The summed E-state index contributed by atoms with van der Waals surface area (Å²) < 4.78 is 5.79. The van der Waals surface area contributed by atoms with E-state index in [9.17, 15) is 5.11 Å². The highest BCUT2D eigenvalue weighted by Gasteiger charge is 2.28. The van der Waals surface area contributed by atoms with E-state index in [-0.39, 0.29) is 23.5 Å². The van der Waals surface area contributed by atoms with Gasteiger partial charge < -0.3 is 15.2 Å². The van der Waals surface area contributed by atoms with Crippen molar-refractivity contribution in [1.82, 2.24) is 5.32 Å². The minimum absolute atomic E-state index is 0.00113. The van der Waals surface area contributed by atoms with Gasteiger partial charge in [-0.15, -0.1) is 0 Å². The van der Waals surface area contributed by atoms with Crippen molar-refractivity contribution in [3.8, 4) is 5.75 Å². The number of hydrogen-bond donors (Lipinski definition) is 2. The van der Waals surface area contributed by atoms with Crippen LogP contribution in [-0.4, -0.2) is 25.9 Å². The zero-order valence-corrected chi connectivity index (χ0v) is 15.5. The first-order valence-electron chi connectivity index (χ1n) is 8.07. The van der Waals surface area contributed by atoms with Crippen LogP contribution in [0.5, 0.6) is 5.75 Å². The highest BCUT2D eigenvalue weighted by molar-refractivity contribution is 5.51. The molecule has 1 rings (SSSR count). The van der Waals surface area contributed by atoms with Crippen LogP contribution >= 0.6 is 0 Å². The van der Waals surface area contributed by atoms with Crippen LogP contribution in [0.1, 0.15) is 70.7 Å². The highest BCUT2D eigenvalue weighted by Crippen LogP contribution is 2.41. The second-order valence-corrected chi connectivity index (χ2v) is 8.00. The lowest BCUT2D eigenvalue weighted by Crippen LogP contribution is -2.23. The smallest absolute Gasteiger partial charge is 0.126 e. The summed E-state index contributed by atoms with van der Waals surface area (Å²) in [5.41, 5.74) is 3.65. The van der Waals surface area contributed by atoms with Crippen LogP contribution in [0, 0.1) is 0 Å². The van der Waals surface area contributed by atoms with Crippen LogP contribution in [0.15, 0.2) is 12.1 Å². The molecule has 0 saturated heterocycles. The van der Waals surface area contributed by atoms with E-state index in [0.717, 1.165) is 5.75 Å². The Hall–Kier alpha value is -1.06. The Bertz CT molecular complexity index is 460. The fraction of sp³-hybridized carbons (Fsp3) is 0.684. The van der Waals surface area contributed by atoms with E-state index in [4.69, 9.17) is 4.74 Å². The topological polar surface area (TPSA) is 41.5 Å². The van der Waals surface area contributed by atoms with Gasteiger partial charge in [-0.3, -0.25) is 0 Å². The van der Waals surface area contributed by atoms with Crippen molar-refractivity contribution >= 4 is 0 Å². The summed E-state index contributed by atoms with van der Waals surface area (Å²) in [6.07, 6.45) is 0.704. The summed E-state index contributed by atoms with van der Waals surface area (Å²) in [6.45, 7) is 13.4. The maximum Gasteiger partial charge on any atom is 0.126 e. The summed E-state index contributed by atoms with van der Waals surface area (Å²) in [6, 6.07) is 4.61. The third kappa shape index (κ3) is 4.23. The molecule has 0 aliphatic rings. The van der Waals surface area contributed by atoms with Crippen molar-refractivity contribution in [3.05, 3.63) is 28.8 Å². The van der Waals surface area contributed by atoms with E-state index in [1.54, 1.807) is 7.11 Å². The molecule has 0 aliphatic heterocycles. The molecule has 3 heteroatoms. The van der Waals surface area contributed by atoms with E-state index < -0.39 is 0 Å². The van der Waals surface area contributed by atoms with Crippen LogP contribution in [0.25, 0.3) is 0 Å². The fourth-order valence-electron chi connectivity index (χ4n) is 2.79. The van der Waals surface area contributed by atoms with E-state index in [2.05, 4.69) is 59.0 Å². The molecule has 1 atom stereocenters. The largest absolute Gasteiger partial charge is 0.496 e. The number of nitrogens with one attached hydrogen (secondary N) is 1. The normalized spacial score (nSPS) is 14.0. The molecule has 0 aliphatic carbocycles. The van der Waals surface area contributed by atoms with Crippen LogP contribution in [-0.2, 0) is 10.8 Å². The number of ether oxygens (including phenoxy) is 1. The predicted octanol–water partition coefficient (Wildman–Crippen LogP) is 3.93. The maximum atomic E-state index is 9.32. The second kappa shape index (κ2) is 7.01. The second-order valence-electron chi connectivity index (χ2n) is 8.00. The Kier molecular flexibility index (Phi) is 6.05. The molecule has 0 amide bonds. The third-order valence-electron chi connectivity index (χ3n) is 4.10. The third-order valence-corrected chi connectivity index (χ3v) is 4.10. The number of benzene rings is 1. The van der Waals surface area contributed by atoms with Crippen molar-refractivity contribution in [1.29, 1.82) is 0 Å². The van der Waals surface area contributed by atoms with E-state index in [0.29, 0.717) is 6.42 Å². The van der Waals surface area contributed by atoms with E-state index in [1.807, 2.05) is 7.05 Å². The first-order chi connectivity index (χ1) is 10.1. The molecule has 1 aromatic carbocycles. The van der Waals surface area contributed by atoms with Crippen molar-refractivity contribution in [2.75, 3.05) is 20.8 Å². The number of aliphatic hydroxyl groups is 1. The average molecular weight is 307 g/mol. The van der Waals surface area contributed by atoms with Crippen LogP contribution < -0.4 is 10.1 Å². The van der Waals surface area contributed by atoms with Gasteiger partial charge in [0.1, 0.15) is 5.75 Å². The standard InChI is InChI=1S/C19H33NO2/c1-18(2,3)14-11-13(16(20-7)9-10-21)12-15(17(14)22-8)19(4,5)6/h11-12,16,20-21H,9-10H2,1-8H3. The van der Waals surface area contributed by atoms with Gasteiger partial charge >= 0.3 is 0 Å². The molecule has 126 valence electrons. The molecule has 0 aromatic heterocycles. The summed E-state index contributed by atoms with van der Waals surface area (Å²) in [5, 5.41) is 12.6. The number of aliphatic hydroxyl groups excluding tert-OH is 1. The van der Waals surface area contributed by atoms with Gasteiger partial charge in [0.05, 0.1) is 7.11 Å². The maximum absolute atomic E-state index is 9.32.